The highest BCUT2D eigenvalue weighted by molar-refractivity contribution is 7.00. The number of carboxylic acids is 1. The van der Waals surface area contributed by atoms with E-state index in [4.69, 9.17) is 4.57 Å². The van der Waals surface area contributed by atoms with E-state index in [0.29, 0.717) is 25.2 Å². The lowest BCUT2D eigenvalue weighted by Gasteiger charge is -2.42. The van der Waals surface area contributed by atoms with Gasteiger partial charge in [0.05, 0.1) is 5.92 Å². The van der Waals surface area contributed by atoms with Crippen molar-refractivity contribution in [3.8, 4) is 0 Å². The lowest BCUT2D eigenvalue weighted by molar-refractivity contribution is -0.147. The Hall–Kier alpha value is -1.54. The number of ketones is 1. The average molecular weight is 450 g/mol. The van der Waals surface area contributed by atoms with Crippen molar-refractivity contribution in [1.29, 1.82) is 0 Å². The van der Waals surface area contributed by atoms with Gasteiger partial charge in [0, 0.05) is 11.0 Å². The summed E-state index contributed by atoms with van der Waals surface area (Å²) in [4.78, 5) is 26.6. The molecule has 1 aliphatic rings. The van der Waals surface area contributed by atoms with Crippen LogP contribution >= 0.6 is 9.12 Å². The van der Waals surface area contributed by atoms with Crippen LogP contribution in [0.25, 0.3) is 0 Å². The van der Waals surface area contributed by atoms with Crippen LogP contribution in [0.1, 0.15) is 105 Å². The van der Waals surface area contributed by atoms with Crippen LogP contribution in [0.5, 0.6) is 0 Å². The molecule has 1 N–H and O–H groups in total. The number of hydrogen-bond donors (Lipinski definition) is 1. The third-order valence-electron chi connectivity index (χ3n) is 7.18. The standard InChI is InChI=1S/C26H40O3.H2OP/c1-6-8-12-21(7-2)17-22(25(28)29)26(13-10-9-11-14-26)24(27)23-19(4)15-18(3)16-20(23)5;1-2/h15-16,21-22H,6-14,17H2,1-5H3,(H,28,29);2H2/q;+1. The van der Waals surface area contributed by atoms with Crippen molar-refractivity contribution in [2.45, 2.75) is 98.8 Å². The third kappa shape index (κ3) is 6.72. The molecule has 3 unspecified atom stereocenters. The van der Waals surface area contributed by atoms with E-state index in [1.165, 1.54) is 9.12 Å². The van der Waals surface area contributed by atoms with Crippen LogP contribution in [0.3, 0.4) is 0 Å². The van der Waals surface area contributed by atoms with Gasteiger partial charge in [0.15, 0.2) is 5.78 Å². The molecule has 0 bridgehead atoms. The second-order valence-corrected chi connectivity index (χ2v) is 9.36. The summed E-state index contributed by atoms with van der Waals surface area (Å²) < 4.78 is 8.17. The monoisotopic (exact) mass is 449 g/mol. The summed E-state index contributed by atoms with van der Waals surface area (Å²) in [5, 5.41) is 10.3. The molecule has 0 amide bonds. The number of aliphatic carboxylic acids is 1. The first kappa shape index (κ1) is 27.5. The Morgan fingerprint density at radius 1 is 1.03 bits per heavy atom. The maximum absolute atomic E-state index is 14.0. The lowest BCUT2D eigenvalue weighted by atomic mass is 9.59. The molecule has 1 saturated carbocycles. The van der Waals surface area contributed by atoms with Crippen molar-refractivity contribution < 1.29 is 19.3 Å². The molecule has 1 aromatic carbocycles. The van der Waals surface area contributed by atoms with Crippen LogP contribution in [-0.2, 0) is 9.36 Å². The smallest absolute Gasteiger partial charge is 0.310 e. The predicted molar refractivity (Wildman–Crippen MR) is 130 cm³/mol. The molecule has 0 heterocycles. The number of carbonyl (C=O) groups is 2. The third-order valence-corrected chi connectivity index (χ3v) is 7.18. The Kier molecular flexibility index (Phi) is 11.6. The molecule has 0 radical (unpaired) electrons. The minimum atomic E-state index is -0.780. The highest BCUT2D eigenvalue weighted by atomic mass is 31.0. The first-order chi connectivity index (χ1) is 14.8. The molecule has 2 rings (SSSR count). The van der Waals surface area contributed by atoms with Gasteiger partial charge in [-0.05, 0) is 57.1 Å². The van der Waals surface area contributed by atoms with E-state index in [1.807, 2.05) is 20.8 Å². The van der Waals surface area contributed by atoms with Gasteiger partial charge in [0.1, 0.15) is 0 Å². The second kappa shape index (κ2) is 13.1. The summed E-state index contributed by atoms with van der Waals surface area (Å²) in [5.41, 5.74) is 3.13. The molecule has 1 aromatic rings. The Balaban J connectivity index is 0.00000233. The van der Waals surface area contributed by atoms with E-state index in [0.717, 1.165) is 67.2 Å². The fourth-order valence-electron chi connectivity index (χ4n) is 5.58. The van der Waals surface area contributed by atoms with Gasteiger partial charge in [0.25, 0.3) is 0 Å². The van der Waals surface area contributed by atoms with Crippen molar-refractivity contribution in [3.05, 3.63) is 34.4 Å². The Morgan fingerprint density at radius 3 is 2.03 bits per heavy atom. The summed E-state index contributed by atoms with van der Waals surface area (Å²) in [6.45, 7) is 10.4. The van der Waals surface area contributed by atoms with Gasteiger partial charge in [-0.2, -0.15) is 0 Å². The van der Waals surface area contributed by atoms with Gasteiger partial charge in [-0.3, -0.25) is 9.59 Å². The number of Topliss-reactive ketones (excluding diaryl/α,β-unsaturated/α-hetero) is 1. The fraction of sp³-hybridized carbons (Fsp3) is 0.692. The van der Waals surface area contributed by atoms with E-state index in [9.17, 15) is 14.7 Å². The summed E-state index contributed by atoms with van der Waals surface area (Å²) in [5.74, 6) is -0.900. The number of hydrogen-bond acceptors (Lipinski definition) is 3. The summed E-state index contributed by atoms with van der Waals surface area (Å²) >= 11 is 0. The van der Waals surface area contributed by atoms with Crippen LogP contribution in [0.4, 0.5) is 0 Å². The first-order valence-corrected chi connectivity index (χ1v) is 12.3. The number of carboxylic acid groups (broad SMARTS) is 1. The molecule has 1 aliphatic carbocycles. The molecule has 0 aromatic heterocycles. The van der Waals surface area contributed by atoms with Gasteiger partial charge in [0.2, 0.25) is 0 Å². The van der Waals surface area contributed by atoms with Gasteiger partial charge in [-0.25, -0.2) is 0 Å². The lowest BCUT2D eigenvalue weighted by Crippen LogP contribution is -2.45. The Labute approximate surface area is 190 Å². The zero-order chi connectivity index (χ0) is 23.6. The van der Waals surface area contributed by atoms with Crippen molar-refractivity contribution in [3.63, 3.8) is 0 Å². The number of rotatable bonds is 10. The van der Waals surface area contributed by atoms with Crippen molar-refractivity contribution in [2.75, 3.05) is 0 Å². The Bertz CT molecular complexity index is 714. The van der Waals surface area contributed by atoms with Crippen molar-refractivity contribution in [1.82, 2.24) is 0 Å². The van der Waals surface area contributed by atoms with Crippen LogP contribution in [0, 0.1) is 38.0 Å². The van der Waals surface area contributed by atoms with Gasteiger partial charge >= 0.3 is 15.1 Å². The Morgan fingerprint density at radius 2 is 1.58 bits per heavy atom. The molecule has 174 valence electrons. The molecular formula is C26H42O4P+. The highest BCUT2D eigenvalue weighted by Gasteiger charge is 2.50. The van der Waals surface area contributed by atoms with Crippen LogP contribution in [-0.4, -0.2) is 16.9 Å². The minimum absolute atomic E-state index is 0.0879. The zero-order valence-electron chi connectivity index (χ0n) is 20.1. The zero-order valence-corrected chi connectivity index (χ0v) is 21.3. The molecular weight excluding hydrogens is 407 g/mol. The molecule has 0 aliphatic heterocycles. The van der Waals surface area contributed by atoms with Crippen molar-refractivity contribution >= 4 is 20.9 Å². The molecule has 0 saturated heterocycles. The van der Waals surface area contributed by atoms with Crippen LogP contribution in [0.15, 0.2) is 12.1 Å². The molecule has 5 heteroatoms. The summed E-state index contributed by atoms with van der Waals surface area (Å²) in [6, 6.07) is 4.12. The van der Waals surface area contributed by atoms with Gasteiger partial charge in [-0.1, -0.05) is 81.1 Å². The number of carbonyl (C=O) groups excluding carboxylic acids is 1. The topological polar surface area (TPSA) is 71.4 Å². The maximum atomic E-state index is 14.0. The van der Waals surface area contributed by atoms with E-state index >= 15 is 0 Å². The average Bonchev–Trinajstić information content (AvgIpc) is 2.74. The van der Waals surface area contributed by atoms with E-state index in [1.54, 1.807) is 0 Å². The summed E-state index contributed by atoms with van der Waals surface area (Å²) in [6.07, 6.45) is 9.33. The predicted octanol–water partition coefficient (Wildman–Crippen LogP) is 7.26. The number of unbranched alkanes of at least 4 members (excludes halogenated alkanes) is 1. The normalized spacial score (nSPS) is 17.2. The van der Waals surface area contributed by atoms with E-state index in [2.05, 4.69) is 26.0 Å². The molecule has 0 spiro atoms. The van der Waals surface area contributed by atoms with E-state index in [-0.39, 0.29) is 5.78 Å². The first-order valence-electron chi connectivity index (χ1n) is 11.9. The summed E-state index contributed by atoms with van der Waals surface area (Å²) in [7, 11) is 1.17. The molecule has 4 nitrogen and oxygen atoms in total. The van der Waals surface area contributed by atoms with Gasteiger partial charge in [-0.15, -0.1) is 0 Å². The van der Waals surface area contributed by atoms with E-state index < -0.39 is 17.3 Å². The van der Waals surface area contributed by atoms with Gasteiger partial charge < -0.3 is 5.11 Å². The molecule has 1 fully saturated rings. The second-order valence-electron chi connectivity index (χ2n) is 9.36. The van der Waals surface area contributed by atoms with Crippen LogP contribution < -0.4 is 0 Å². The minimum Gasteiger partial charge on any atom is -0.481 e. The SMILES string of the molecule is CCCCC(CC)CC(C(=O)O)C1(C(=O)c2c(C)cc(C)cc2C)CCCCC1.O=[PH2+]. The van der Waals surface area contributed by atoms with Crippen LogP contribution in [0.2, 0.25) is 0 Å². The molecule has 31 heavy (non-hydrogen) atoms. The molecule has 3 atom stereocenters. The highest BCUT2D eigenvalue weighted by Crippen LogP contribution is 2.49. The van der Waals surface area contributed by atoms with Crippen molar-refractivity contribution in [2.24, 2.45) is 17.3 Å². The quantitative estimate of drug-likeness (QED) is 0.301. The fourth-order valence-corrected chi connectivity index (χ4v) is 5.58. The number of aryl methyl sites for hydroxylation is 3. The largest absolute Gasteiger partial charge is 0.481 e. The number of benzene rings is 1. The maximum Gasteiger partial charge on any atom is 0.310 e.